The molecule has 0 radical (unpaired) electrons. The van der Waals surface area contributed by atoms with E-state index in [2.05, 4.69) is 15.3 Å². The number of alkyl halides is 2. The number of carbonyl (C=O) groups excluding carboxylic acids is 1. The molecule has 1 amide bonds. The van der Waals surface area contributed by atoms with Crippen LogP contribution in [0.4, 0.5) is 14.6 Å². The third kappa shape index (κ3) is 6.56. The van der Waals surface area contributed by atoms with E-state index in [1.165, 1.54) is 24.5 Å². The molecule has 2 fully saturated rings. The number of benzene rings is 1. The van der Waals surface area contributed by atoms with Crippen molar-refractivity contribution >= 4 is 21.6 Å². The average molecular weight is 524 g/mol. The topological polar surface area (TPSA) is 107 Å². The first-order valence-electron chi connectivity index (χ1n) is 12.1. The van der Waals surface area contributed by atoms with Crippen molar-refractivity contribution in [3.63, 3.8) is 0 Å². The van der Waals surface area contributed by atoms with Crippen LogP contribution in [0.3, 0.4) is 0 Å². The number of amides is 1. The van der Waals surface area contributed by atoms with Gasteiger partial charge in [-0.2, -0.15) is 0 Å². The summed E-state index contributed by atoms with van der Waals surface area (Å²) in [5, 5.41) is 2.38. The van der Waals surface area contributed by atoms with E-state index in [1.54, 1.807) is 19.2 Å². The van der Waals surface area contributed by atoms with Crippen LogP contribution in [0.1, 0.15) is 50.0 Å². The Kier molecular flexibility index (Phi) is 8.50. The van der Waals surface area contributed by atoms with Gasteiger partial charge in [-0.3, -0.25) is 4.79 Å². The number of hydrogen-bond donors (Lipinski definition) is 1. The zero-order valence-corrected chi connectivity index (χ0v) is 20.9. The second kappa shape index (κ2) is 11.6. The Bertz CT molecular complexity index is 1120. The number of rotatable bonds is 12. The molecule has 0 bridgehead atoms. The number of sulfone groups is 1. The summed E-state index contributed by atoms with van der Waals surface area (Å²) in [4.78, 5) is 21.8. The van der Waals surface area contributed by atoms with E-state index in [4.69, 9.17) is 9.47 Å². The van der Waals surface area contributed by atoms with Crippen LogP contribution >= 0.6 is 0 Å². The number of anilines is 1. The molecule has 2 unspecified atom stereocenters. The number of aromatic nitrogens is 2. The molecule has 1 aromatic carbocycles. The lowest BCUT2D eigenvalue weighted by molar-refractivity contribution is -0.118. The summed E-state index contributed by atoms with van der Waals surface area (Å²) in [7, 11) is -1.76. The summed E-state index contributed by atoms with van der Waals surface area (Å²) in [6.45, 7) is 0.971. The Morgan fingerprint density at radius 1 is 1.08 bits per heavy atom. The van der Waals surface area contributed by atoms with E-state index in [0.29, 0.717) is 43.9 Å². The van der Waals surface area contributed by atoms with Crippen LogP contribution in [-0.4, -0.2) is 62.2 Å². The SMILES string of the molecule is COCCCOc1cnc(NC(=O)[C@H](CC2CC(F)C(F)C2)c2ccc(S(=O)(=O)C3CC3)cc2)cn1. The van der Waals surface area contributed by atoms with Gasteiger partial charge in [0.15, 0.2) is 15.7 Å². The number of nitrogens with zero attached hydrogens (tertiary/aromatic N) is 2. The minimum atomic E-state index is -3.37. The lowest BCUT2D eigenvalue weighted by atomic mass is 9.87. The van der Waals surface area contributed by atoms with Crippen LogP contribution in [0.2, 0.25) is 0 Å². The van der Waals surface area contributed by atoms with Gasteiger partial charge in [-0.1, -0.05) is 12.1 Å². The smallest absolute Gasteiger partial charge is 0.233 e. The minimum absolute atomic E-state index is 0.0496. The van der Waals surface area contributed by atoms with Gasteiger partial charge in [0.25, 0.3) is 0 Å². The lowest BCUT2D eigenvalue weighted by Gasteiger charge is -2.20. The molecule has 11 heteroatoms. The van der Waals surface area contributed by atoms with Crippen molar-refractivity contribution in [2.24, 2.45) is 5.92 Å². The van der Waals surface area contributed by atoms with Crippen LogP contribution in [0.25, 0.3) is 0 Å². The maximum Gasteiger partial charge on any atom is 0.233 e. The third-order valence-corrected chi connectivity index (χ3v) is 8.87. The highest BCUT2D eigenvalue weighted by Crippen LogP contribution is 2.39. The van der Waals surface area contributed by atoms with Gasteiger partial charge < -0.3 is 14.8 Å². The van der Waals surface area contributed by atoms with E-state index in [0.717, 1.165) is 0 Å². The molecule has 1 aromatic heterocycles. The number of nitrogens with one attached hydrogen (secondary N) is 1. The fraction of sp³-hybridized carbons (Fsp3) is 0.560. The first kappa shape index (κ1) is 26.4. The zero-order valence-electron chi connectivity index (χ0n) is 20.1. The van der Waals surface area contributed by atoms with Gasteiger partial charge in [0, 0.05) is 20.1 Å². The Morgan fingerprint density at radius 3 is 2.36 bits per heavy atom. The monoisotopic (exact) mass is 523 g/mol. The lowest BCUT2D eigenvalue weighted by Crippen LogP contribution is -2.24. The van der Waals surface area contributed by atoms with Crippen molar-refractivity contribution in [3.05, 3.63) is 42.2 Å². The summed E-state index contributed by atoms with van der Waals surface area (Å²) in [6.07, 6.45) is 2.04. The summed E-state index contributed by atoms with van der Waals surface area (Å²) >= 11 is 0. The number of carbonyl (C=O) groups is 1. The molecule has 2 saturated carbocycles. The second-order valence-electron chi connectivity index (χ2n) is 9.40. The van der Waals surface area contributed by atoms with E-state index in [9.17, 15) is 22.0 Å². The molecule has 0 aliphatic heterocycles. The molecule has 4 rings (SSSR count). The first-order valence-corrected chi connectivity index (χ1v) is 13.7. The highest BCUT2D eigenvalue weighted by atomic mass is 32.2. The normalized spacial score (nSPS) is 22.8. The van der Waals surface area contributed by atoms with Gasteiger partial charge in [-0.05, 0) is 55.7 Å². The predicted molar refractivity (Wildman–Crippen MR) is 129 cm³/mol. The summed E-state index contributed by atoms with van der Waals surface area (Å²) < 4.78 is 63.1. The Balaban J connectivity index is 1.47. The zero-order chi connectivity index (χ0) is 25.7. The number of methoxy groups -OCH3 is 1. The predicted octanol–water partition coefficient (Wildman–Crippen LogP) is 4.03. The molecular weight excluding hydrogens is 492 g/mol. The molecule has 1 N–H and O–H groups in total. The fourth-order valence-corrected chi connectivity index (χ4v) is 6.11. The van der Waals surface area contributed by atoms with Gasteiger partial charge in [0.05, 0.1) is 35.1 Å². The number of ether oxygens (including phenoxy) is 2. The second-order valence-corrected chi connectivity index (χ2v) is 11.6. The molecule has 2 aliphatic rings. The molecule has 3 atom stereocenters. The molecule has 1 heterocycles. The van der Waals surface area contributed by atoms with Gasteiger partial charge in [0.1, 0.15) is 12.3 Å². The largest absolute Gasteiger partial charge is 0.476 e. The van der Waals surface area contributed by atoms with Gasteiger partial charge in [0.2, 0.25) is 11.8 Å². The van der Waals surface area contributed by atoms with Crippen molar-refractivity contribution in [1.82, 2.24) is 9.97 Å². The van der Waals surface area contributed by atoms with Crippen molar-refractivity contribution in [1.29, 1.82) is 0 Å². The maximum absolute atomic E-state index is 13.8. The van der Waals surface area contributed by atoms with Gasteiger partial charge in [-0.25, -0.2) is 27.2 Å². The van der Waals surface area contributed by atoms with E-state index in [-0.39, 0.29) is 41.1 Å². The summed E-state index contributed by atoms with van der Waals surface area (Å²) in [5.41, 5.74) is 0.575. The van der Waals surface area contributed by atoms with E-state index in [1.807, 2.05) is 0 Å². The minimum Gasteiger partial charge on any atom is -0.476 e. The summed E-state index contributed by atoms with van der Waals surface area (Å²) in [6, 6.07) is 6.22. The van der Waals surface area contributed by atoms with Gasteiger partial charge in [-0.15, -0.1) is 0 Å². The van der Waals surface area contributed by atoms with E-state index < -0.39 is 34.0 Å². The Hall–Kier alpha value is -2.66. The van der Waals surface area contributed by atoms with E-state index >= 15 is 0 Å². The molecule has 2 aromatic rings. The maximum atomic E-state index is 13.8. The Labute approximate surface area is 209 Å². The summed E-state index contributed by atoms with van der Waals surface area (Å²) in [5.74, 6) is -0.942. The van der Waals surface area contributed by atoms with Crippen LogP contribution in [0.5, 0.6) is 5.88 Å². The van der Waals surface area contributed by atoms with Crippen LogP contribution < -0.4 is 10.1 Å². The molecule has 36 heavy (non-hydrogen) atoms. The highest BCUT2D eigenvalue weighted by Gasteiger charge is 2.38. The molecular formula is C25H31F2N3O5S. The standard InChI is InChI=1S/C25H31F2N3O5S/c1-34-9-2-10-35-24-15-28-23(14-29-24)30-25(31)20(11-16-12-21(26)22(27)13-16)17-3-5-18(6-4-17)36(32,33)19-7-8-19/h3-6,14-16,19-22H,2,7-13H2,1H3,(H,28,30,31)/t16?,20-,21?,22?/m1/s1. The van der Waals surface area contributed by atoms with Gasteiger partial charge >= 0.3 is 0 Å². The molecule has 2 aliphatic carbocycles. The molecule has 8 nitrogen and oxygen atoms in total. The van der Waals surface area contributed by atoms with Crippen LogP contribution in [-0.2, 0) is 19.4 Å². The van der Waals surface area contributed by atoms with Crippen molar-refractivity contribution in [2.45, 2.75) is 66.9 Å². The number of hydrogen-bond acceptors (Lipinski definition) is 7. The third-order valence-electron chi connectivity index (χ3n) is 6.59. The first-order chi connectivity index (χ1) is 17.3. The molecule has 196 valence electrons. The molecule has 0 saturated heterocycles. The van der Waals surface area contributed by atoms with Crippen molar-refractivity contribution in [2.75, 3.05) is 25.6 Å². The molecule has 0 spiro atoms. The van der Waals surface area contributed by atoms with Crippen LogP contribution in [0.15, 0.2) is 41.6 Å². The quantitative estimate of drug-likeness (QED) is 0.419. The van der Waals surface area contributed by atoms with Crippen molar-refractivity contribution in [3.8, 4) is 5.88 Å². The average Bonchev–Trinajstić information content (AvgIpc) is 3.68. The van der Waals surface area contributed by atoms with Crippen molar-refractivity contribution < 1.29 is 31.5 Å². The fourth-order valence-electron chi connectivity index (χ4n) is 4.46. The Morgan fingerprint density at radius 2 is 1.78 bits per heavy atom. The van der Waals surface area contributed by atoms with Crippen LogP contribution in [0, 0.1) is 5.92 Å². The highest BCUT2D eigenvalue weighted by molar-refractivity contribution is 7.92. The number of halogens is 2.